The summed E-state index contributed by atoms with van der Waals surface area (Å²) in [6.07, 6.45) is 0. The van der Waals surface area contributed by atoms with Crippen LogP contribution < -0.4 is 0 Å². The minimum atomic E-state index is 1.02. The average molecular weight is 658 g/mol. The van der Waals surface area contributed by atoms with Crippen LogP contribution in [0.4, 0.5) is 0 Å². The first-order valence-electron chi connectivity index (χ1n) is 18.0. The van der Waals surface area contributed by atoms with Gasteiger partial charge in [-0.25, -0.2) is 4.98 Å². The highest BCUT2D eigenvalue weighted by molar-refractivity contribution is 6.26. The smallest absolute Gasteiger partial charge is 0.0794 e. The molecule has 10 aromatic carbocycles. The number of pyridine rings is 1. The zero-order valence-electron chi connectivity index (χ0n) is 28.3. The Morgan fingerprint density at radius 1 is 0.288 bits per heavy atom. The molecule has 1 heterocycles. The molecule has 1 aromatic heterocycles. The third-order valence-corrected chi connectivity index (χ3v) is 11.0. The molecule has 0 unspecified atom stereocenters. The van der Waals surface area contributed by atoms with Gasteiger partial charge in [0.1, 0.15) is 0 Å². The molecule has 1 heteroatoms. The van der Waals surface area contributed by atoms with Gasteiger partial charge in [0, 0.05) is 16.3 Å². The Balaban J connectivity index is 1.21. The molecule has 240 valence electrons. The van der Waals surface area contributed by atoms with Crippen LogP contribution in [0.25, 0.3) is 109 Å². The second kappa shape index (κ2) is 11.3. The van der Waals surface area contributed by atoms with Gasteiger partial charge in [0.15, 0.2) is 0 Å². The van der Waals surface area contributed by atoms with E-state index in [-0.39, 0.29) is 0 Å². The van der Waals surface area contributed by atoms with Crippen molar-refractivity contribution in [3.63, 3.8) is 0 Å². The van der Waals surface area contributed by atoms with Crippen LogP contribution in [0.1, 0.15) is 0 Å². The standard InChI is InChI=1S/C51H31N/c1-2-14-33(15-3-1)51-50-39-27-26-37(29-36(39)25-28-45(50)46-30-34-16-4-5-17-35(34)31-47(46)52-51)48-41-20-8-10-22-43(41)49(44-23-11-9-21-42(44)48)40-24-12-18-32-13-6-7-19-38(32)40/h1-31H. The van der Waals surface area contributed by atoms with Gasteiger partial charge in [-0.1, -0.05) is 170 Å². The Morgan fingerprint density at radius 3 is 1.60 bits per heavy atom. The van der Waals surface area contributed by atoms with Gasteiger partial charge >= 0.3 is 0 Å². The number of nitrogens with zero attached hydrogens (tertiary/aromatic N) is 1. The van der Waals surface area contributed by atoms with E-state index in [1.54, 1.807) is 0 Å². The predicted octanol–water partition coefficient (Wildman–Crippen LogP) is 14.2. The van der Waals surface area contributed by atoms with E-state index in [4.69, 9.17) is 4.98 Å². The van der Waals surface area contributed by atoms with Crippen LogP contribution in [-0.2, 0) is 0 Å². The Kier molecular flexibility index (Phi) is 6.32. The molecule has 0 atom stereocenters. The van der Waals surface area contributed by atoms with Crippen molar-refractivity contribution in [1.29, 1.82) is 0 Å². The topological polar surface area (TPSA) is 12.9 Å². The Hall–Kier alpha value is -6.83. The SMILES string of the molecule is c1ccc(-c2nc3cc4ccccc4cc3c3ccc4cc(-c5c6ccccc6c(-c6cccc7ccccc67)c6ccccc56)ccc4c23)cc1. The number of benzene rings is 10. The third kappa shape index (κ3) is 4.33. The predicted molar refractivity (Wildman–Crippen MR) is 223 cm³/mol. The summed E-state index contributed by atoms with van der Waals surface area (Å²) in [5.74, 6) is 0. The van der Waals surface area contributed by atoms with Crippen LogP contribution in [0.3, 0.4) is 0 Å². The van der Waals surface area contributed by atoms with Crippen LogP contribution in [0.2, 0.25) is 0 Å². The molecule has 52 heavy (non-hydrogen) atoms. The second-order valence-electron chi connectivity index (χ2n) is 13.8. The number of aromatic nitrogens is 1. The van der Waals surface area contributed by atoms with Crippen molar-refractivity contribution in [3.05, 3.63) is 188 Å². The maximum Gasteiger partial charge on any atom is 0.0794 e. The van der Waals surface area contributed by atoms with Crippen molar-refractivity contribution >= 4 is 75.5 Å². The largest absolute Gasteiger partial charge is 0.247 e. The minimum absolute atomic E-state index is 1.02. The molecule has 1 nitrogen and oxygen atoms in total. The number of fused-ring (bicyclic) bond motifs is 9. The number of rotatable bonds is 3. The van der Waals surface area contributed by atoms with Crippen LogP contribution in [0.15, 0.2) is 188 Å². The van der Waals surface area contributed by atoms with Crippen LogP contribution in [-0.4, -0.2) is 4.98 Å². The van der Waals surface area contributed by atoms with Crippen LogP contribution in [0.5, 0.6) is 0 Å². The molecule has 0 saturated carbocycles. The quantitative estimate of drug-likeness (QED) is 0.136. The van der Waals surface area contributed by atoms with E-state index in [9.17, 15) is 0 Å². The Morgan fingerprint density at radius 2 is 0.865 bits per heavy atom. The summed E-state index contributed by atoms with van der Waals surface area (Å²) in [7, 11) is 0. The summed E-state index contributed by atoms with van der Waals surface area (Å²) in [4.78, 5) is 5.40. The van der Waals surface area contributed by atoms with Crippen molar-refractivity contribution in [1.82, 2.24) is 4.98 Å². The van der Waals surface area contributed by atoms with Crippen molar-refractivity contribution in [2.75, 3.05) is 0 Å². The highest BCUT2D eigenvalue weighted by Gasteiger charge is 2.19. The van der Waals surface area contributed by atoms with Gasteiger partial charge < -0.3 is 0 Å². The first-order chi connectivity index (χ1) is 25.8. The van der Waals surface area contributed by atoms with Gasteiger partial charge in [-0.05, 0) is 99.7 Å². The molecule has 0 saturated heterocycles. The first kappa shape index (κ1) is 29.0. The van der Waals surface area contributed by atoms with E-state index >= 15 is 0 Å². The summed E-state index contributed by atoms with van der Waals surface area (Å²) >= 11 is 0. The summed E-state index contributed by atoms with van der Waals surface area (Å²) in [5.41, 5.74) is 8.20. The van der Waals surface area contributed by atoms with Crippen LogP contribution in [0, 0.1) is 0 Å². The van der Waals surface area contributed by atoms with Crippen molar-refractivity contribution < 1.29 is 0 Å². The lowest BCUT2D eigenvalue weighted by Gasteiger charge is -2.19. The maximum absolute atomic E-state index is 5.40. The molecule has 0 aliphatic heterocycles. The molecule has 11 rings (SSSR count). The van der Waals surface area contributed by atoms with Gasteiger partial charge in [0.05, 0.1) is 11.2 Å². The fraction of sp³-hybridized carbons (Fsp3) is 0. The van der Waals surface area contributed by atoms with Crippen LogP contribution >= 0.6 is 0 Å². The Labute approximate surface area is 301 Å². The third-order valence-electron chi connectivity index (χ3n) is 11.0. The summed E-state index contributed by atoms with van der Waals surface area (Å²) in [5, 5.41) is 16.0. The molecular formula is C51H31N. The summed E-state index contributed by atoms with van der Waals surface area (Å²) in [6.45, 7) is 0. The number of hydrogen-bond donors (Lipinski definition) is 0. The maximum atomic E-state index is 5.40. The zero-order chi connectivity index (χ0) is 34.2. The molecule has 0 aliphatic carbocycles. The summed E-state index contributed by atoms with van der Waals surface area (Å²) in [6, 6.07) is 68.7. The average Bonchev–Trinajstić information content (AvgIpc) is 3.21. The molecular weight excluding hydrogens is 627 g/mol. The van der Waals surface area contributed by atoms with Gasteiger partial charge in [-0.15, -0.1) is 0 Å². The van der Waals surface area contributed by atoms with Crippen molar-refractivity contribution in [3.8, 4) is 33.5 Å². The molecule has 0 N–H and O–H groups in total. The van der Waals surface area contributed by atoms with Gasteiger partial charge in [0.2, 0.25) is 0 Å². The lowest BCUT2D eigenvalue weighted by atomic mass is 9.84. The van der Waals surface area contributed by atoms with E-state index in [0.717, 1.165) is 16.8 Å². The lowest BCUT2D eigenvalue weighted by molar-refractivity contribution is 1.44. The first-order valence-corrected chi connectivity index (χ1v) is 18.0. The second-order valence-corrected chi connectivity index (χ2v) is 13.8. The van der Waals surface area contributed by atoms with Crippen molar-refractivity contribution in [2.45, 2.75) is 0 Å². The highest BCUT2D eigenvalue weighted by Crippen LogP contribution is 2.46. The van der Waals surface area contributed by atoms with Gasteiger partial charge in [-0.3, -0.25) is 0 Å². The minimum Gasteiger partial charge on any atom is -0.247 e. The van der Waals surface area contributed by atoms with Gasteiger partial charge in [0.25, 0.3) is 0 Å². The van der Waals surface area contributed by atoms with Gasteiger partial charge in [-0.2, -0.15) is 0 Å². The van der Waals surface area contributed by atoms with Crippen molar-refractivity contribution in [2.24, 2.45) is 0 Å². The fourth-order valence-electron chi connectivity index (χ4n) is 8.66. The fourth-order valence-corrected chi connectivity index (χ4v) is 8.66. The molecule has 0 radical (unpaired) electrons. The number of hydrogen-bond acceptors (Lipinski definition) is 1. The molecule has 0 fully saturated rings. The van der Waals surface area contributed by atoms with E-state index in [1.165, 1.54) is 92.3 Å². The van der Waals surface area contributed by atoms with E-state index in [2.05, 4.69) is 188 Å². The van der Waals surface area contributed by atoms with E-state index < -0.39 is 0 Å². The highest BCUT2D eigenvalue weighted by atomic mass is 14.7. The molecule has 0 aliphatic rings. The molecule has 0 amide bonds. The lowest BCUT2D eigenvalue weighted by Crippen LogP contribution is -1.93. The normalized spacial score (nSPS) is 11.8. The molecule has 0 spiro atoms. The zero-order valence-corrected chi connectivity index (χ0v) is 28.3. The molecule has 11 aromatic rings. The Bertz CT molecular complexity index is 3170. The molecule has 0 bridgehead atoms. The van der Waals surface area contributed by atoms with E-state index in [0.29, 0.717) is 0 Å². The monoisotopic (exact) mass is 657 g/mol. The van der Waals surface area contributed by atoms with E-state index in [1.807, 2.05) is 0 Å². The summed E-state index contributed by atoms with van der Waals surface area (Å²) < 4.78 is 0.